The van der Waals surface area contributed by atoms with Crippen LogP contribution in [0.2, 0.25) is 0 Å². The Kier molecular flexibility index (Phi) is 5.96. The predicted molar refractivity (Wildman–Crippen MR) is 63.7 cm³/mol. The maximum atomic E-state index is 11.2. The third-order valence-corrected chi connectivity index (χ3v) is 1.99. The van der Waals surface area contributed by atoms with Gasteiger partial charge in [0.1, 0.15) is 19.4 Å². The topological polar surface area (TPSA) is 84.5 Å². The molecule has 0 bridgehead atoms. The van der Waals surface area contributed by atoms with E-state index in [1.54, 1.807) is 0 Å². The van der Waals surface area contributed by atoms with Gasteiger partial charge in [-0.2, -0.15) is 0 Å². The minimum absolute atomic E-state index is 0.0699. The summed E-state index contributed by atoms with van der Waals surface area (Å²) in [4.78, 5) is 32.2. The molecular weight excluding hydrogens is 236 g/mol. The average Bonchev–Trinajstić information content (AvgIpc) is 2.41. The molecule has 18 heavy (non-hydrogen) atoms. The Hall–Kier alpha value is -2.37. The number of carbonyl (C=O) groups is 3. The Labute approximate surface area is 104 Å². The van der Waals surface area contributed by atoms with E-state index in [0.29, 0.717) is 6.29 Å². The van der Waals surface area contributed by atoms with Crippen molar-refractivity contribution < 1.29 is 19.1 Å². The first-order valence-corrected chi connectivity index (χ1v) is 5.37. The zero-order valence-corrected chi connectivity index (χ0v) is 9.72. The van der Waals surface area contributed by atoms with Crippen molar-refractivity contribution in [2.75, 3.05) is 13.1 Å². The van der Waals surface area contributed by atoms with Gasteiger partial charge in [-0.1, -0.05) is 30.3 Å². The van der Waals surface area contributed by atoms with Crippen LogP contribution in [0.25, 0.3) is 0 Å². The lowest BCUT2D eigenvalue weighted by atomic mass is 10.2. The van der Waals surface area contributed by atoms with Crippen LogP contribution in [-0.2, 0) is 20.9 Å². The molecule has 0 fully saturated rings. The Morgan fingerprint density at radius 1 is 1.17 bits per heavy atom. The van der Waals surface area contributed by atoms with E-state index >= 15 is 0 Å². The molecule has 0 unspecified atom stereocenters. The van der Waals surface area contributed by atoms with Gasteiger partial charge in [-0.15, -0.1) is 0 Å². The van der Waals surface area contributed by atoms with Crippen molar-refractivity contribution >= 4 is 18.3 Å². The third-order valence-electron chi connectivity index (χ3n) is 1.99. The highest BCUT2D eigenvalue weighted by Crippen LogP contribution is 2.00. The molecule has 1 rings (SSSR count). The van der Waals surface area contributed by atoms with Crippen LogP contribution in [0, 0.1) is 0 Å². The summed E-state index contributed by atoms with van der Waals surface area (Å²) < 4.78 is 4.88. The second-order valence-electron chi connectivity index (χ2n) is 3.39. The highest BCUT2D eigenvalue weighted by molar-refractivity contribution is 5.83. The van der Waals surface area contributed by atoms with Crippen molar-refractivity contribution in [2.24, 2.45) is 0 Å². The maximum absolute atomic E-state index is 11.2. The first-order chi connectivity index (χ1) is 8.72. The minimum atomic E-state index is -0.680. The van der Waals surface area contributed by atoms with Crippen molar-refractivity contribution in [3.63, 3.8) is 0 Å². The molecule has 0 saturated heterocycles. The van der Waals surface area contributed by atoms with Gasteiger partial charge in [-0.3, -0.25) is 4.79 Å². The van der Waals surface area contributed by atoms with Crippen LogP contribution in [0.4, 0.5) is 4.79 Å². The molecule has 0 heterocycles. The Morgan fingerprint density at radius 2 is 1.89 bits per heavy atom. The quantitative estimate of drug-likeness (QED) is 0.708. The van der Waals surface area contributed by atoms with Crippen LogP contribution in [0.15, 0.2) is 30.3 Å². The summed E-state index contributed by atoms with van der Waals surface area (Å²) in [7, 11) is 0. The van der Waals surface area contributed by atoms with Gasteiger partial charge >= 0.3 is 6.09 Å². The molecule has 2 amide bonds. The summed E-state index contributed by atoms with van der Waals surface area (Å²) >= 11 is 0. The molecule has 96 valence electrons. The van der Waals surface area contributed by atoms with Gasteiger partial charge in [0.05, 0.1) is 6.54 Å². The van der Waals surface area contributed by atoms with Gasteiger partial charge in [-0.05, 0) is 5.56 Å². The monoisotopic (exact) mass is 250 g/mol. The van der Waals surface area contributed by atoms with Gasteiger partial charge in [0.2, 0.25) is 5.91 Å². The summed E-state index contributed by atoms with van der Waals surface area (Å²) in [6.45, 7) is -0.149. The third kappa shape index (κ3) is 5.64. The van der Waals surface area contributed by atoms with Gasteiger partial charge in [-0.25, -0.2) is 4.79 Å². The summed E-state index contributed by atoms with van der Waals surface area (Å²) in [5, 5.41) is 4.56. The molecule has 0 spiro atoms. The molecule has 0 aromatic heterocycles. The van der Waals surface area contributed by atoms with E-state index in [2.05, 4.69) is 10.6 Å². The molecule has 2 N–H and O–H groups in total. The van der Waals surface area contributed by atoms with E-state index in [4.69, 9.17) is 4.74 Å². The normalized spacial score (nSPS) is 9.33. The van der Waals surface area contributed by atoms with Crippen molar-refractivity contribution in [2.45, 2.75) is 6.61 Å². The molecule has 6 nitrogen and oxygen atoms in total. The smallest absolute Gasteiger partial charge is 0.407 e. The first-order valence-electron chi connectivity index (χ1n) is 5.37. The van der Waals surface area contributed by atoms with Crippen LogP contribution in [-0.4, -0.2) is 31.4 Å². The minimum Gasteiger partial charge on any atom is -0.445 e. The van der Waals surface area contributed by atoms with Crippen LogP contribution in [0.1, 0.15) is 5.56 Å². The van der Waals surface area contributed by atoms with Crippen molar-refractivity contribution in [1.29, 1.82) is 0 Å². The first kappa shape index (κ1) is 13.7. The van der Waals surface area contributed by atoms with Crippen LogP contribution in [0.3, 0.4) is 0 Å². The van der Waals surface area contributed by atoms with Gasteiger partial charge in [0.15, 0.2) is 0 Å². The standard InChI is InChI=1S/C12H14N2O4/c15-7-6-13-11(16)8-14-12(17)18-9-10-4-2-1-3-5-10/h1-5,7H,6,8-9H2,(H,13,16)(H,14,17). The summed E-state index contributed by atoms with van der Waals surface area (Å²) in [6, 6.07) is 9.18. The fourth-order valence-corrected chi connectivity index (χ4v) is 1.14. The molecular formula is C12H14N2O4. The molecule has 1 aromatic rings. The average molecular weight is 250 g/mol. The number of amides is 2. The van der Waals surface area contributed by atoms with Crippen molar-refractivity contribution in [3.05, 3.63) is 35.9 Å². The van der Waals surface area contributed by atoms with E-state index in [9.17, 15) is 14.4 Å². The van der Waals surface area contributed by atoms with E-state index in [0.717, 1.165) is 5.56 Å². The van der Waals surface area contributed by atoms with E-state index < -0.39 is 12.0 Å². The van der Waals surface area contributed by atoms with Gasteiger partial charge in [0.25, 0.3) is 0 Å². The number of carbonyl (C=O) groups excluding carboxylic acids is 3. The highest BCUT2D eigenvalue weighted by Gasteiger charge is 2.05. The van der Waals surface area contributed by atoms with Crippen molar-refractivity contribution in [3.8, 4) is 0 Å². The van der Waals surface area contributed by atoms with E-state index in [1.165, 1.54) is 0 Å². The molecule has 0 aliphatic rings. The second-order valence-corrected chi connectivity index (χ2v) is 3.39. The highest BCUT2D eigenvalue weighted by atomic mass is 16.5. The van der Waals surface area contributed by atoms with Crippen LogP contribution in [0.5, 0.6) is 0 Å². The number of alkyl carbamates (subject to hydrolysis) is 1. The molecule has 6 heteroatoms. The van der Waals surface area contributed by atoms with Crippen LogP contribution >= 0.6 is 0 Å². The number of rotatable bonds is 6. The molecule has 0 aliphatic heterocycles. The lowest BCUT2D eigenvalue weighted by molar-refractivity contribution is -0.121. The Balaban J connectivity index is 2.18. The maximum Gasteiger partial charge on any atom is 0.407 e. The van der Waals surface area contributed by atoms with Gasteiger partial charge < -0.3 is 20.2 Å². The lowest BCUT2D eigenvalue weighted by Crippen LogP contribution is -2.37. The van der Waals surface area contributed by atoms with E-state index in [1.807, 2.05) is 30.3 Å². The summed E-state index contributed by atoms with van der Waals surface area (Å²) in [6.07, 6.45) is -0.119. The lowest BCUT2D eigenvalue weighted by Gasteiger charge is -2.06. The molecule has 0 saturated carbocycles. The molecule has 0 atom stereocenters. The summed E-state index contributed by atoms with van der Waals surface area (Å²) in [5.74, 6) is -0.446. The van der Waals surface area contributed by atoms with Crippen LogP contribution < -0.4 is 10.6 Å². The second kappa shape index (κ2) is 7.83. The fraction of sp³-hybridized carbons (Fsp3) is 0.250. The predicted octanol–water partition coefficient (Wildman–Crippen LogP) is 0.228. The number of nitrogens with one attached hydrogen (secondary N) is 2. The number of aldehydes is 1. The number of hydrogen-bond acceptors (Lipinski definition) is 4. The zero-order valence-electron chi connectivity index (χ0n) is 9.72. The van der Waals surface area contributed by atoms with E-state index in [-0.39, 0.29) is 19.7 Å². The fourth-order valence-electron chi connectivity index (χ4n) is 1.14. The number of ether oxygens (including phenoxy) is 1. The molecule has 0 radical (unpaired) electrons. The Morgan fingerprint density at radius 3 is 2.56 bits per heavy atom. The number of hydrogen-bond donors (Lipinski definition) is 2. The zero-order chi connectivity index (χ0) is 13.2. The Bertz CT molecular complexity index is 406. The summed E-state index contributed by atoms with van der Waals surface area (Å²) in [5.41, 5.74) is 0.859. The molecule has 1 aromatic carbocycles. The largest absolute Gasteiger partial charge is 0.445 e. The number of benzene rings is 1. The SMILES string of the molecule is O=CCNC(=O)CNC(=O)OCc1ccccc1. The van der Waals surface area contributed by atoms with Crippen molar-refractivity contribution in [1.82, 2.24) is 10.6 Å². The molecule has 0 aliphatic carbocycles. The van der Waals surface area contributed by atoms with Gasteiger partial charge in [0, 0.05) is 0 Å².